The fourth-order valence-electron chi connectivity index (χ4n) is 1.70. The summed E-state index contributed by atoms with van der Waals surface area (Å²) < 4.78 is 9.53. The second-order valence-electron chi connectivity index (χ2n) is 4.67. The second kappa shape index (κ2) is 11.8. The molecule has 1 amide bonds. The van der Waals surface area contributed by atoms with E-state index in [1.807, 2.05) is 0 Å². The molecule has 0 saturated heterocycles. The molecular formula is C14H27NO4. The van der Waals surface area contributed by atoms with Gasteiger partial charge in [0, 0.05) is 7.05 Å². The maximum atomic E-state index is 11.4. The van der Waals surface area contributed by atoms with E-state index in [0.29, 0.717) is 6.61 Å². The van der Waals surface area contributed by atoms with Crippen molar-refractivity contribution in [1.82, 2.24) is 4.90 Å². The van der Waals surface area contributed by atoms with Gasteiger partial charge in [-0.2, -0.15) is 0 Å². The van der Waals surface area contributed by atoms with E-state index < -0.39 is 6.09 Å². The minimum atomic E-state index is -0.534. The van der Waals surface area contributed by atoms with Crippen molar-refractivity contribution in [2.75, 3.05) is 27.3 Å². The lowest BCUT2D eigenvalue weighted by Gasteiger charge is -2.14. The summed E-state index contributed by atoms with van der Waals surface area (Å²) in [6.45, 7) is 2.57. The quantitative estimate of drug-likeness (QED) is 0.453. The molecule has 0 aliphatic heterocycles. The average Bonchev–Trinajstić information content (AvgIpc) is 2.40. The summed E-state index contributed by atoms with van der Waals surface area (Å²) >= 11 is 0. The summed E-state index contributed by atoms with van der Waals surface area (Å²) in [7, 11) is 2.78. The third-order valence-electron chi connectivity index (χ3n) is 2.86. The van der Waals surface area contributed by atoms with Gasteiger partial charge in [0.1, 0.15) is 6.54 Å². The molecule has 0 aliphatic carbocycles. The molecule has 5 heteroatoms. The molecule has 0 unspecified atom stereocenters. The number of likely N-dealkylation sites (N-methyl/N-ethyl adjacent to an activating group) is 1. The minimum absolute atomic E-state index is 0.0663. The van der Waals surface area contributed by atoms with Crippen LogP contribution in [0.15, 0.2) is 0 Å². The Labute approximate surface area is 116 Å². The van der Waals surface area contributed by atoms with Crippen LogP contribution < -0.4 is 0 Å². The number of carbonyl (C=O) groups excluding carboxylic acids is 2. The molecule has 0 aliphatic rings. The number of esters is 1. The Morgan fingerprint density at radius 3 is 2.16 bits per heavy atom. The average molecular weight is 273 g/mol. The van der Waals surface area contributed by atoms with E-state index in [9.17, 15) is 9.59 Å². The van der Waals surface area contributed by atoms with Gasteiger partial charge in [-0.1, -0.05) is 45.4 Å². The minimum Gasteiger partial charge on any atom is -0.464 e. The molecule has 0 heterocycles. The van der Waals surface area contributed by atoms with Crippen LogP contribution in [0, 0.1) is 0 Å². The highest BCUT2D eigenvalue weighted by Gasteiger charge is 2.13. The van der Waals surface area contributed by atoms with E-state index in [0.717, 1.165) is 12.8 Å². The van der Waals surface area contributed by atoms with Crippen molar-refractivity contribution < 1.29 is 19.1 Å². The highest BCUT2D eigenvalue weighted by Crippen LogP contribution is 2.06. The largest absolute Gasteiger partial charge is 0.464 e. The first-order valence-corrected chi connectivity index (χ1v) is 7.06. The van der Waals surface area contributed by atoms with Crippen molar-refractivity contribution in [1.29, 1.82) is 0 Å². The summed E-state index contributed by atoms with van der Waals surface area (Å²) in [5, 5.41) is 0. The number of carbonyl (C=O) groups is 2. The van der Waals surface area contributed by atoms with Gasteiger partial charge in [-0.25, -0.2) is 4.79 Å². The Kier molecular flexibility index (Phi) is 11.0. The lowest BCUT2D eigenvalue weighted by molar-refractivity contribution is -0.144. The molecule has 112 valence electrons. The van der Waals surface area contributed by atoms with E-state index in [2.05, 4.69) is 11.7 Å². The first-order valence-electron chi connectivity index (χ1n) is 7.06. The van der Waals surface area contributed by atoms with Crippen molar-refractivity contribution in [2.24, 2.45) is 0 Å². The molecule has 0 N–H and O–H groups in total. The highest BCUT2D eigenvalue weighted by molar-refractivity contribution is 5.77. The van der Waals surface area contributed by atoms with Crippen molar-refractivity contribution in [2.45, 2.75) is 51.9 Å². The normalized spacial score (nSPS) is 10.1. The van der Waals surface area contributed by atoms with Crippen molar-refractivity contribution in [3.05, 3.63) is 0 Å². The van der Waals surface area contributed by atoms with Crippen molar-refractivity contribution >= 4 is 12.1 Å². The highest BCUT2D eigenvalue weighted by atomic mass is 16.5. The summed E-state index contributed by atoms with van der Waals surface area (Å²) in [5.41, 5.74) is 0. The molecule has 0 aromatic rings. The third kappa shape index (κ3) is 10.4. The Balaban J connectivity index is 3.41. The van der Waals surface area contributed by atoms with Gasteiger partial charge in [-0.15, -0.1) is 0 Å². The molecule has 0 aromatic carbocycles. The number of nitrogens with zero attached hydrogens (tertiary/aromatic N) is 1. The van der Waals surface area contributed by atoms with Gasteiger partial charge >= 0.3 is 12.1 Å². The topological polar surface area (TPSA) is 55.8 Å². The molecule has 0 aromatic heterocycles. The summed E-state index contributed by atoms with van der Waals surface area (Å²) in [5.74, 6) is -0.390. The monoisotopic (exact) mass is 273 g/mol. The number of methoxy groups -OCH3 is 1. The van der Waals surface area contributed by atoms with Crippen molar-refractivity contribution in [3.8, 4) is 0 Å². The van der Waals surface area contributed by atoms with E-state index in [4.69, 9.17) is 4.74 Å². The molecular weight excluding hydrogens is 246 g/mol. The van der Waals surface area contributed by atoms with E-state index in [1.165, 1.54) is 51.2 Å². The zero-order valence-corrected chi connectivity index (χ0v) is 12.4. The van der Waals surface area contributed by atoms with Crippen LogP contribution in [0.3, 0.4) is 0 Å². The van der Waals surface area contributed by atoms with Crippen molar-refractivity contribution in [3.63, 3.8) is 0 Å². The molecule has 0 fully saturated rings. The smallest absolute Gasteiger partial charge is 0.409 e. The zero-order valence-electron chi connectivity index (χ0n) is 12.4. The predicted octanol–water partition coefficient (Wildman–Crippen LogP) is 2.98. The van der Waals surface area contributed by atoms with Gasteiger partial charge in [-0.3, -0.25) is 4.79 Å². The van der Waals surface area contributed by atoms with E-state index >= 15 is 0 Å². The number of hydrogen-bond acceptors (Lipinski definition) is 4. The first kappa shape index (κ1) is 17.7. The van der Waals surface area contributed by atoms with Gasteiger partial charge in [0.05, 0.1) is 13.7 Å². The fraction of sp³-hybridized carbons (Fsp3) is 0.857. The van der Waals surface area contributed by atoms with Gasteiger partial charge in [-0.05, 0) is 6.42 Å². The van der Waals surface area contributed by atoms with Crippen LogP contribution in [-0.4, -0.2) is 44.3 Å². The SMILES string of the molecule is CCCCCCCCCOC(=O)CN(C)C(=O)OC. The maximum Gasteiger partial charge on any atom is 0.409 e. The Bertz CT molecular complexity index is 256. The first-order chi connectivity index (χ1) is 9.11. The van der Waals surface area contributed by atoms with Crippen LogP contribution in [0.2, 0.25) is 0 Å². The molecule has 0 spiro atoms. The van der Waals surface area contributed by atoms with Gasteiger partial charge < -0.3 is 14.4 Å². The Hall–Kier alpha value is -1.26. The summed E-state index contributed by atoms with van der Waals surface area (Å²) in [6, 6.07) is 0. The Morgan fingerprint density at radius 1 is 1.00 bits per heavy atom. The van der Waals surface area contributed by atoms with Crippen LogP contribution in [-0.2, 0) is 14.3 Å². The molecule has 5 nitrogen and oxygen atoms in total. The van der Waals surface area contributed by atoms with Gasteiger partial charge in [0.25, 0.3) is 0 Å². The lowest BCUT2D eigenvalue weighted by Crippen LogP contribution is -2.32. The molecule has 0 radical (unpaired) electrons. The Morgan fingerprint density at radius 2 is 1.58 bits per heavy atom. The van der Waals surface area contributed by atoms with Gasteiger partial charge in [0.15, 0.2) is 0 Å². The van der Waals surface area contributed by atoms with E-state index in [1.54, 1.807) is 0 Å². The maximum absolute atomic E-state index is 11.4. The predicted molar refractivity (Wildman–Crippen MR) is 74.0 cm³/mol. The van der Waals surface area contributed by atoms with Gasteiger partial charge in [0.2, 0.25) is 0 Å². The summed E-state index contributed by atoms with van der Waals surface area (Å²) in [6.07, 6.45) is 7.74. The second-order valence-corrected chi connectivity index (χ2v) is 4.67. The third-order valence-corrected chi connectivity index (χ3v) is 2.86. The molecule has 0 bridgehead atoms. The standard InChI is InChI=1S/C14H27NO4/c1-4-5-6-7-8-9-10-11-19-13(16)12-15(2)14(17)18-3/h4-12H2,1-3H3. The van der Waals surface area contributed by atoms with Crippen LogP contribution in [0.5, 0.6) is 0 Å². The zero-order chi connectivity index (χ0) is 14.5. The number of amides is 1. The van der Waals surface area contributed by atoms with E-state index in [-0.39, 0.29) is 12.5 Å². The fourth-order valence-corrected chi connectivity index (χ4v) is 1.70. The van der Waals surface area contributed by atoms with Crippen LogP contribution in [0.4, 0.5) is 4.79 Å². The molecule has 19 heavy (non-hydrogen) atoms. The molecule has 0 rings (SSSR count). The number of hydrogen-bond donors (Lipinski definition) is 0. The number of ether oxygens (including phenoxy) is 2. The summed E-state index contributed by atoms with van der Waals surface area (Å²) in [4.78, 5) is 23.6. The lowest BCUT2D eigenvalue weighted by atomic mass is 10.1. The van der Waals surface area contributed by atoms with Crippen LogP contribution in [0.25, 0.3) is 0 Å². The van der Waals surface area contributed by atoms with Crippen LogP contribution in [0.1, 0.15) is 51.9 Å². The number of unbranched alkanes of at least 4 members (excludes halogenated alkanes) is 6. The number of rotatable bonds is 10. The van der Waals surface area contributed by atoms with Crippen LogP contribution >= 0.6 is 0 Å². The molecule has 0 atom stereocenters. The molecule has 0 saturated carbocycles.